The number of hydrogen-bond donors (Lipinski definition) is 0. The smallest absolute Gasteiger partial charge is 0.216 e. The van der Waals surface area contributed by atoms with Gasteiger partial charge in [-0.3, -0.25) is 9.48 Å². The Kier molecular flexibility index (Phi) is 3.94. The van der Waals surface area contributed by atoms with Crippen LogP contribution in [0.25, 0.3) is 0 Å². The molecule has 0 saturated carbocycles. The molecule has 5 heteroatoms. The van der Waals surface area contributed by atoms with E-state index in [1.165, 1.54) is 0 Å². The van der Waals surface area contributed by atoms with Gasteiger partial charge in [0.25, 0.3) is 0 Å². The van der Waals surface area contributed by atoms with Crippen LogP contribution in [-0.2, 0) is 4.74 Å². The van der Waals surface area contributed by atoms with E-state index in [9.17, 15) is 4.79 Å². The van der Waals surface area contributed by atoms with E-state index >= 15 is 0 Å². The molecule has 1 atom stereocenters. The molecule has 1 aromatic rings. The van der Waals surface area contributed by atoms with Crippen LogP contribution in [0.1, 0.15) is 56.6 Å². The van der Waals surface area contributed by atoms with Crippen LogP contribution in [0.15, 0.2) is 6.20 Å². The first-order valence-electron chi connectivity index (χ1n) is 6.80. The van der Waals surface area contributed by atoms with Crippen LogP contribution in [0.4, 0.5) is 0 Å². The molecule has 1 unspecified atom stereocenters. The van der Waals surface area contributed by atoms with Gasteiger partial charge < -0.3 is 9.47 Å². The largest absolute Gasteiger partial charge is 0.493 e. The lowest BCUT2D eigenvalue weighted by Crippen LogP contribution is -2.42. The summed E-state index contributed by atoms with van der Waals surface area (Å²) < 4.78 is 12.7. The summed E-state index contributed by atoms with van der Waals surface area (Å²) in [5, 5.41) is 4.25. The molecule has 19 heavy (non-hydrogen) atoms. The van der Waals surface area contributed by atoms with Gasteiger partial charge in [-0.15, -0.1) is 0 Å². The maximum absolute atomic E-state index is 12.8. The summed E-state index contributed by atoms with van der Waals surface area (Å²) >= 11 is 0. The van der Waals surface area contributed by atoms with E-state index in [0.717, 1.165) is 19.3 Å². The van der Waals surface area contributed by atoms with Crippen LogP contribution in [0.3, 0.4) is 0 Å². The lowest BCUT2D eigenvalue weighted by Gasteiger charge is -2.32. The molecule has 0 bridgehead atoms. The Morgan fingerprint density at radius 3 is 2.79 bits per heavy atom. The fourth-order valence-electron chi connectivity index (χ4n) is 2.47. The fraction of sp³-hybridized carbons (Fsp3) is 0.714. The SMILES string of the molecule is COc1cnn(C(C)C)c1C(=O)C1(C)CCCCO1. The molecular formula is C14H22N2O3. The third-order valence-corrected chi connectivity index (χ3v) is 3.64. The molecule has 0 amide bonds. The predicted molar refractivity (Wildman–Crippen MR) is 71.7 cm³/mol. The molecule has 0 N–H and O–H groups in total. The summed E-state index contributed by atoms with van der Waals surface area (Å²) in [4.78, 5) is 12.8. The third kappa shape index (κ3) is 2.52. The Bertz CT molecular complexity index is 459. The molecule has 2 rings (SSSR count). The van der Waals surface area contributed by atoms with Gasteiger partial charge >= 0.3 is 0 Å². The number of rotatable bonds is 4. The topological polar surface area (TPSA) is 53.4 Å². The summed E-state index contributed by atoms with van der Waals surface area (Å²) in [6.45, 7) is 6.49. The molecule has 1 fully saturated rings. The average molecular weight is 266 g/mol. The van der Waals surface area contributed by atoms with Crippen molar-refractivity contribution in [2.45, 2.75) is 51.7 Å². The van der Waals surface area contributed by atoms with Crippen molar-refractivity contribution in [2.24, 2.45) is 0 Å². The van der Waals surface area contributed by atoms with E-state index in [1.54, 1.807) is 18.0 Å². The van der Waals surface area contributed by atoms with Crippen molar-refractivity contribution in [3.05, 3.63) is 11.9 Å². The number of aromatic nitrogens is 2. The Balaban J connectivity index is 2.39. The minimum atomic E-state index is -0.752. The zero-order valence-electron chi connectivity index (χ0n) is 12.1. The Morgan fingerprint density at radius 1 is 1.53 bits per heavy atom. The van der Waals surface area contributed by atoms with Gasteiger partial charge in [0.1, 0.15) is 11.3 Å². The zero-order valence-corrected chi connectivity index (χ0v) is 12.1. The molecule has 106 valence electrons. The van der Waals surface area contributed by atoms with E-state index in [4.69, 9.17) is 9.47 Å². The van der Waals surface area contributed by atoms with Crippen LogP contribution >= 0.6 is 0 Å². The first-order chi connectivity index (χ1) is 8.99. The molecule has 5 nitrogen and oxygen atoms in total. The highest BCUT2D eigenvalue weighted by molar-refractivity contribution is 6.03. The van der Waals surface area contributed by atoms with Crippen LogP contribution in [0.2, 0.25) is 0 Å². The second kappa shape index (κ2) is 5.33. The number of Topliss-reactive ketones (excluding diaryl/α,β-unsaturated/α-hetero) is 1. The van der Waals surface area contributed by atoms with Crippen molar-refractivity contribution >= 4 is 5.78 Å². The maximum atomic E-state index is 12.8. The first-order valence-corrected chi connectivity index (χ1v) is 6.80. The van der Waals surface area contributed by atoms with Crippen molar-refractivity contribution in [1.29, 1.82) is 0 Å². The van der Waals surface area contributed by atoms with Crippen molar-refractivity contribution < 1.29 is 14.3 Å². The standard InChI is InChI=1S/C14H22N2O3/c1-10(2)16-12(11(18-4)9-15-16)13(17)14(3)7-5-6-8-19-14/h9-10H,5-8H2,1-4H3. The van der Waals surface area contributed by atoms with Gasteiger partial charge in [-0.05, 0) is 40.0 Å². The fourth-order valence-corrected chi connectivity index (χ4v) is 2.47. The molecule has 2 heterocycles. The molecular weight excluding hydrogens is 244 g/mol. The third-order valence-electron chi connectivity index (χ3n) is 3.64. The van der Waals surface area contributed by atoms with Crippen LogP contribution in [0.5, 0.6) is 5.75 Å². The van der Waals surface area contributed by atoms with Gasteiger partial charge in [-0.2, -0.15) is 5.10 Å². The average Bonchev–Trinajstić information content (AvgIpc) is 2.82. The van der Waals surface area contributed by atoms with Crippen molar-refractivity contribution in [1.82, 2.24) is 9.78 Å². The van der Waals surface area contributed by atoms with Gasteiger partial charge in [0.15, 0.2) is 5.75 Å². The second-order valence-corrected chi connectivity index (χ2v) is 5.47. The minimum absolute atomic E-state index is 0.0322. The molecule has 0 aliphatic carbocycles. The van der Waals surface area contributed by atoms with Gasteiger partial charge in [0, 0.05) is 12.6 Å². The monoisotopic (exact) mass is 266 g/mol. The zero-order chi connectivity index (χ0) is 14.0. The summed E-state index contributed by atoms with van der Waals surface area (Å²) in [6.07, 6.45) is 4.38. The van der Waals surface area contributed by atoms with Gasteiger partial charge in [0.2, 0.25) is 5.78 Å². The number of carbonyl (C=O) groups is 1. The summed E-state index contributed by atoms with van der Waals surface area (Å²) in [5.41, 5.74) is -0.236. The highest BCUT2D eigenvalue weighted by Gasteiger charge is 2.40. The van der Waals surface area contributed by atoms with Crippen LogP contribution < -0.4 is 4.74 Å². The van der Waals surface area contributed by atoms with Crippen LogP contribution in [-0.4, -0.2) is 34.9 Å². The van der Waals surface area contributed by atoms with E-state index in [2.05, 4.69) is 5.10 Å². The Labute approximate surface area is 113 Å². The van der Waals surface area contributed by atoms with E-state index in [0.29, 0.717) is 18.1 Å². The lowest BCUT2D eigenvalue weighted by atomic mass is 9.89. The van der Waals surface area contributed by atoms with Gasteiger partial charge in [0.05, 0.1) is 13.3 Å². The lowest BCUT2D eigenvalue weighted by molar-refractivity contribution is -0.0433. The number of methoxy groups -OCH3 is 1. The minimum Gasteiger partial charge on any atom is -0.493 e. The number of ketones is 1. The quantitative estimate of drug-likeness (QED) is 0.786. The number of nitrogens with zero attached hydrogens (tertiary/aromatic N) is 2. The molecule has 0 radical (unpaired) electrons. The number of hydrogen-bond acceptors (Lipinski definition) is 4. The van der Waals surface area contributed by atoms with Gasteiger partial charge in [-0.25, -0.2) is 0 Å². The van der Waals surface area contributed by atoms with Crippen LogP contribution in [0, 0.1) is 0 Å². The highest BCUT2D eigenvalue weighted by atomic mass is 16.5. The molecule has 1 aromatic heterocycles. The predicted octanol–water partition coefficient (Wildman–Crippen LogP) is 2.61. The van der Waals surface area contributed by atoms with E-state index in [-0.39, 0.29) is 11.8 Å². The van der Waals surface area contributed by atoms with Crippen molar-refractivity contribution in [3.8, 4) is 5.75 Å². The highest BCUT2D eigenvalue weighted by Crippen LogP contribution is 2.32. The maximum Gasteiger partial charge on any atom is 0.216 e. The molecule has 0 spiro atoms. The molecule has 0 aromatic carbocycles. The summed E-state index contributed by atoms with van der Waals surface area (Å²) in [7, 11) is 1.56. The van der Waals surface area contributed by atoms with E-state index < -0.39 is 5.60 Å². The van der Waals surface area contributed by atoms with Gasteiger partial charge in [-0.1, -0.05) is 0 Å². The Morgan fingerprint density at radius 2 is 2.26 bits per heavy atom. The summed E-state index contributed by atoms with van der Waals surface area (Å²) in [6, 6.07) is 0.107. The number of carbonyl (C=O) groups excluding carboxylic acids is 1. The molecule has 1 aliphatic heterocycles. The van der Waals surface area contributed by atoms with Crippen molar-refractivity contribution in [3.63, 3.8) is 0 Å². The normalized spacial score (nSPS) is 23.6. The summed E-state index contributed by atoms with van der Waals surface area (Å²) in [5.74, 6) is 0.490. The second-order valence-electron chi connectivity index (χ2n) is 5.47. The van der Waals surface area contributed by atoms with Crippen molar-refractivity contribution in [2.75, 3.05) is 13.7 Å². The molecule has 1 aliphatic rings. The first kappa shape index (κ1) is 14.1. The Hall–Kier alpha value is -1.36. The molecule has 1 saturated heterocycles. The number of ether oxygens (including phenoxy) is 2. The van der Waals surface area contributed by atoms with E-state index in [1.807, 2.05) is 20.8 Å².